The maximum atomic E-state index is 10.9. The van der Waals surface area contributed by atoms with Gasteiger partial charge in [-0.05, 0) is 12.1 Å². The zero-order valence-corrected chi connectivity index (χ0v) is 11.9. The summed E-state index contributed by atoms with van der Waals surface area (Å²) in [5, 5.41) is 8.94. The molecule has 0 fully saturated rings. The molecule has 1 unspecified atom stereocenters. The molecule has 1 atom stereocenters. The zero-order chi connectivity index (χ0) is 15.2. The number of anilines is 1. The largest absolute Gasteiger partial charge is 0.481 e. The molecule has 2 aromatic rings. The number of para-hydroxylation sites is 1. The summed E-state index contributed by atoms with van der Waals surface area (Å²) in [5.41, 5.74) is 0. The fraction of sp³-hybridized carbons (Fsp3) is 0.267. The number of benzene rings is 1. The van der Waals surface area contributed by atoms with Crippen LogP contribution in [0.4, 0.5) is 5.95 Å². The van der Waals surface area contributed by atoms with E-state index in [0.29, 0.717) is 24.1 Å². The molecule has 0 aliphatic carbocycles. The van der Waals surface area contributed by atoms with Crippen molar-refractivity contribution in [1.29, 1.82) is 0 Å². The van der Waals surface area contributed by atoms with E-state index in [9.17, 15) is 4.79 Å². The molecule has 0 aliphatic rings. The molecule has 1 aromatic heterocycles. The van der Waals surface area contributed by atoms with Gasteiger partial charge in [0, 0.05) is 25.9 Å². The fourth-order valence-corrected chi connectivity index (χ4v) is 1.75. The second kappa shape index (κ2) is 6.69. The van der Waals surface area contributed by atoms with Gasteiger partial charge in [0.2, 0.25) is 11.8 Å². The monoisotopic (exact) mass is 287 g/mol. The highest BCUT2D eigenvalue weighted by Crippen LogP contribution is 2.20. The van der Waals surface area contributed by atoms with Gasteiger partial charge in [0.15, 0.2) is 0 Å². The quantitative estimate of drug-likeness (QED) is 0.879. The summed E-state index contributed by atoms with van der Waals surface area (Å²) in [7, 11) is 1.75. The predicted octanol–water partition coefficient (Wildman–Crippen LogP) is 2.43. The van der Waals surface area contributed by atoms with Crippen LogP contribution in [-0.4, -0.2) is 34.6 Å². The number of carboxylic acid groups (broad SMARTS) is 1. The minimum Gasteiger partial charge on any atom is -0.481 e. The maximum Gasteiger partial charge on any atom is 0.308 e. The van der Waals surface area contributed by atoms with E-state index < -0.39 is 11.9 Å². The molecule has 0 amide bonds. The van der Waals surface area contributed by atoms with Crippen LogP contribution in [0.2, 0.25) is 0 Å². The number of carboxylic acids is 1. The van der Waals surface area contributed by atoms with E-state index in [0.717, 1.165) is 0 Å². The number of aromatic nitrogens is 2. The first-order chi connectivity index (χ1) is 10.1. The molecule has 6 nitrogen and oxygen atoms in total. The molecule has 0 saturated heterocycles. The van der Waals surface area contributed by atoms with Crippen molar-refractivity contribution in [1.82, 2.24) is 9.97 Å². The molecule has 6 heteroatoms. The molecule has 21 heavy (non-hydrogen) atoms. The summed E-state index contributed by atoms with van der Waals surface area (Å²) < 4.78 is 5.63. The van der Waals surface area contributed by atoms with Crippen LogP contribution in [0.25, 0.3) is 0 Å². The number of hydrogen-bond donors (Lipinski definition) is 1. The van der Waals surface area contributed by atoms with Crippen molar-refractivity contribution in [2.24, 2.45) is 5.92 Å². The molecular weight excluding hydrogens is 270 g/mol. The molecule has 0 aliphatic heterocycles. The number of nitrogens with zero attached hydrogens (tertiary/aromatic N) is 3. The number of rotatable bonds is 6. The number of ether oxygens (including phenoxy) is 1. The Morgan fingerprint density at radius 2 is 2.05 bits per heavy atom. The van der Waals surface area contributed by atoms with Gasteiger partial charge >= 0.3 is 5.97 Å². The molecule has 1 aromatic carbocycles. The topological polar surface area (TPSA) is 75.5 Å². The van der Waals surface area contributed by atoms with Gasteiger partial charge in [0.25, 0.3) is 0 Å². The molecule has 0 bridgehead atoms. The molecule has 0 spiro atoms. The Hall–Kier alpha value is -2.63. The van der Waals surface area contributed by atoms with Gasteiger partial charge < -0.3 is 14.7 Å². The average molecular weight is 287 g/mol. The van der Waals surface area contributed by atoms with Crippen LogP contribution < -0.4 is 9.64 Å². The Labute approximate surface area is 123 Å². The first-order valence-corrected chi connectivity index (χ1v) is 6.56. The molecule has 0 saturated carbocycles. The minimum atomic E-state index is -0.849. The Kier molecular flexibility index (Phi) is 4.71. The molecule has 1 N–H and O–H groups in total. The van der Waals surface area contributed by atoms with Crippen LogP contribution in [0.3, 0.4) is 0 Å². The van der Waals surface area contributed by atoms with Gasteiger partial charge in [-0.1, -0.05) is 25.1 Å². The number of carbonyl (C=O) groups is 1. The van der Waals surface area contributed by atoms with Gasteiger partial charge in [-0.25, -0.2) is 4.98 Å². The fourth-order valence-electron chi connectivity index (χ4n) is 1.75. The van der Waals surface area contributed by atoms with Gasteiger partial charge in [-0.15, -0.1) is 0 Å². The Balaban J connectivity index is 2.08. The first kappa shape index (κ1) is 14.8. The lowest BCUT2D eigenvalue weighted by Gasteiger charge is -2.19. The summed E-state index contributed by atoms with van der Waals surface area (Å²) in [6, 6.07) is 11.0. The highest BCUT2D eigenvalue weighted by Gasteiger charge is 2.15. The smallest absolute Gasteiger partial charge is 0.308 e. The van der Waals surface area contributed by atoms with Crippen molar-refractivity contribution in [2.45, 2.75) is 6.92 Å². The lowest BCUT2D eigenvalue weighted by Crippen LogP contribution is -2.29. The Bertz CT molecular complexity index is 604. The van der Waals surface area contributed by atoms with E-state index in [1.54, 1.807) is 31.1 Å². The molecule has 2 rings (SSSR count). The zero-order valence-electron chi connectivity index (χ0n) is 11.9. The van der Waals surface area contributed by atoms with E-state index in [4.69, 9.17) is 9.84 Å². The third-order valence-corrected chi connectivity index (χ3v) is 2.89. The Morgan fingerprint density at radius 3 is 2.71 bits per heavy atom. The van der Waals surface area contributed by atoms with Crippen molar-refractivity contribution in [3.8, 4) is 11.6 Å². The molecule has 0 radical (unpaired) electrons. The van der Waals surface area contributed by atoms with Crippen molar-refractivity contribution >= 4 is 11.9 Å². The molecular formula is C15H17N3O3. The van der Waals surface area contributed by atoms with Crippen LogP contribution in [0.5, 0.6) is 11.6 Å². The minimum absolute atomic E-state index is 0.324. The first-order valence-electron chi connectivity index (χ1n) is 6.56. The van der Waals surface area contributed by atoms with E-state index in [1.165, 1.54) is 0 Å². The summed E-state index contributed by atoms with van der Waals surface area (Å²) in [5.74, 6) is 0.178. The average Bonchev–Trinajstić information content (AvgIpc) is 2.48. The van der Waals surface area contributed by atoms with Crippen molar-refractivity contribution in [3.05, 3.63) is 42.6 Å². The standard InChI is InChI=1S/C15H17N3O3/c1-11(14(19)20)10-18(2)15-16-9-8-13(17-15)21-12-6-4-3-5-7-12/h3-9,11H,10H2,1-2H3,(H,19,20). The van der Waals surface area contributed by atoms with Gasteiger partial charge in [0.05, 0.1) is 5.92 Å². The van der Waals surface area contributed by atoms with Gasteiger partial charge in [-0.2, -0.15) is 4.98 Å². The van der Waals surface area contributed by atoms with Crippen LogP contribution in [-0.2, 0) is 4.79 Å². The Morgan fingerprint density at radius 1 is 1.33 bits per heavy atom. The number of aliphatic carboxylic acids is 1. The lowest BCUT2D eigenvalue weighted by atomic mass is 10.2. The van der Waals surface area contributed by atoms with Crippen molar-refractivity contribution in [2.75, 3.05) is 18.5 Å². The third-order valence-electron chi connectivity index (χ3n) is 2.89. The van der Waals surface area contributed by atoms with Gasteiger partial charge in [-0.3, -0.25) is 4.79 Å². The van der Waals surface area contributed by atoms with Crippen molar-refractivity contribution in [3.63, 3.8) is 0 Å². The third kappa shape index (κ3) is 4.17. The van der Waals surface area contributed by atoms with E-state index in [2.05, 4.69) is 9.97 Å². The molecule has 1 heterocycles. The second-order valence-corrected chi connectivity index (χ2v) is 4.73. The van der Waals surface area contributed by atoms with E-state index in [-0.39, 0.29) is 0 Å². The van der Waals surface area contributed by atoms with Crippen molar-refractivity contribution < 1.29 is 14.6 Å². The summed E-state index contributed by atoms with van der Waals surface area (Å²) in [4.78, 5) is 21.0. The van der Waals surface area contributed by atoms with Gasteiger partial charge in [0.1, 0.15) is 5.75 Å². The summed E-state index contributed by atoms with van der Waals surface area (Å²) in [6.45, 7) is 1.97. The summed E-state index contributed by atoms with van der Waals surface area (Å²) in [6.07, 6.45) is 1.59. The lowest BCUT2D eigenvalue weighted by molar-refractivity contribution is -0.140. The van der Waals surface area contributed by atoms with Crippen LogP contribution in [0, 0.1) is 5.92 Å². The van der Waals surface area contributed by atoms with E-state index >= 15 is 0 Å². The number of hydrogen-bond acceptors (Lipinski definition) is 5. The maximum absolute atomic E-state index is 10.9. The summed E-state index contributed by atoms with van der Waals surface area (Å²) >= 11 is 0. The van der Waals surface area contributed by atoms with E-state index in [1.807, 2.05) is 30.3 Å². The van der Waals surface area contributed by atoms with Crippen LogP contribution in [0.15, 0.2) is 42.6 Å². The highest BCUT2D eigenvalue weighted by atomic mass is 16.5. The SMILES string of the molecule is CC(CN(C)c1nccc(Oc2ccccc2)n1)C(=O)O. The highest BCUT2D eigenvalue weighted by molar-refractivity contribution is 5.70. The second-order valence-electron chi connectivity index (χ2n) is 4.73. The van der Waals surface area contributed by atoms with Crippen LogP contribution in [0.1, 0.15) is 6.92 Å². The molecule has 110 valence electrons. The predicted molar refractivity (Wildman–Crippen MR) is 78.6 cm³/mol. The van der Waals surface area contributed by atoms with Crippen LogP contribution >= 0.6 is 0 Å². The normalized spacial score (nSPS) is 11.7.